The maximum atomic E-state index is 5.44. The Labute approximate surface area is 152 Å². The van der Waals surface area contributed by atoms with E-state index in [9.17, 15) is 0 Å². The van der Waals surface area contributed by atoms with E-state index in [1.807, 2.05) is 36.4 Å². The predicted molar refractivity (Wildman–Crippen MR) is 104 cm³/mol. The van der Waals surface area contributed by atoms with Crippen LogP contribution in [0, 0.1) is 0 Å². The number of para-hydroxylation sites is 1. The van der Waals surface area contributed by atoms with Gasteiger partial charge in [0.2, 0.25) is 0 Å². The molecule has 0 fully saturated rings. The number of pyridine rings is 2. The molecule has 3 nitrogen and oxygen atoms in total. The summed E-state index contributed by atoms with van der Waals surface area (Å²) in [5.74, 6) is 0.822. The average molecular weight is 359 g/mol. The van der Waals surface area contributed by atoms with Crippen LogP contribution in [0.5, 0.6) is 5.75 Å². The van der Waals surface area contributed by atoms with Crippen molar-refractivity contribution in [2.24, 2.45) is 0 Å². The second kappa shape index (κ2) is 7.47. The van der Waals surface area contributed by atoms with Gasteiger partial charge in [0, 0.05) is 22.5 Å². The van der Waals surface area contributed by atoms with E-state index in [2.05, 4.69) is 29.2 Å². The molecule has 4 rings (SSSR count). The van der Waals surface area contributed by atoms with Crippen molar-refractivity contribution < 1.29 is 4.74 Å². The number of benzene rings is 2. The van der Waals surface area contributed by atoms with Crippen molar-refractivity contribution in [3.63, 3.8) is 0 Å². The normalized spacial score (nSPS) is 10.0. The molecule has 0 spiro atoms. The maximum absolute atomic E-state index is 5.44. The summed E-state index contributed by atoms with van der Waals surface area (Å²) in [6, 6.07) is 20.2. The Balaban J connectivity index is 0.00000104. The summed E-state index contributed by atoms with van der Waals surface area (Å²) in [6.45, 7) is 0. The second-order valence-electron chi connectivity index (χ2n) is 5.11. The van der Waals surface area contributed by atoms with Gasteiger partial charge in [-0.25, -0.2) is 4.98 Å². The van der Waals surface area contributed by atoms with E-state index in [4.69, 9.17) is 9.72 Å². The first-order valence-electron chi connectivity index (χ1n) is 7.15. The topological polar surface area (TPSA) is 35.0 Å². The van der Waals surface area contributed by atoms with Gasteiger partial charge < -0.3 is 4.74 Å². The fourth-order valence-corrected chi connectivity index (χ4v) is 2.73. The summed E-state index contributed by atoms with van der Waals surface area (Å²) in [5.41, 5.74) is 3.72. The van der Waals surface area contributed by atoms with Crippen LogP contribution in [0.25, 0.3) is 33.1 Å². The van der Waals surface area contributed by atoms with Crippen LogP contribution in [-0.4, -0.2) is 17.1 Å². The van der Waals surface area contributed by atoms with E-state index in [1.165, 1.54) is 0 Å². The van der Waals surface area contributed by atoms with Gasteiger partial charge in [-0.1, -0.05) is 36.4 Å². The molecule has 0 radical (unpaired) electrons. The van der Waals surface area contributed by atoms with Gasteiger partial charge in [-0.05, 0) is 24.3 Å². The van der Waals surface area contributed by atoms with Crippen molar-refractivity contribution in [1.82, 2.24) is 9.97 Å². The molecule has 5 heteroatoms. The summed E-state index contributed by atoms with van der Waals surface area (Å²) in [6.07, 6.45) is 1.80. The zero-order valence-electron chi connectivity index (χ0n) is 13.0. The van der Waals surface area contributed by atoms with Gasteiger partial charge in [0.15, 0.2) is 0 Å². The Bertz CT molecular complexity index is 989. The van der Waals surface area contributed by atoms with E-state index in [0.717, 1.165) is 38.8 Å². The first kappa shape index (κ1) is 18.0. The Morgan fingerprint density at radius 1 is 0.750 bits per heavy atom. The first-order chi connectivity index (χ1) is 10.9. The Morgan fingerprint density at radius 2 is 1.46 bits per heavy atom. The first-order valence-corrected chi connectivity index (χ1v) is 7.15. The Hall–Kier alpha value is -2.36. The molecule has 0 aliphatic heterocycles. The van der Waals surface area contributed by atoms with Crippen LogP contribution in [0.15, 0.2) is 66.9 Å². The lowest BCUT2D eigenvalue weighted by Crippen LogP contribution is -1.91. The molecule has 2 aromatic carbocycles. The van der Waals surface area contributed by atoms with Gasteiger partial charge >= 0.3 is 0 Å². The molecular formula is C19H16Cl2N2O. The highest BCUT2D eigenvalue weighted by molar-refractivity contribution is 6.03. The van der Waals surface area contributed by atoms with Gasteiger partial charge in [0.1, 0.15) is 5.75 Å². The molecule has 122 valence electrons. The third-order valence-electron chi connectivity index (χ3n) is 3.82. The molecule has 0 bridgehead atoms. The highest BCUT2D eigenvalue weighted by atomic mass is 35.5. The number of ether oxygens (including phenoxy) is 1. The van der Waals surface area contributed by atoms with Crippen molar-refractivity contribution >= 4 is 46.6 Å². The quantitative estimate of drug-likeness (QED) is 0.456. The maximum Gasteiger partial charge on any atom is 0.128 e. The average Bonchev–Trinajstić information content (AvgIpc) is 2.61. The standard InChI is InChI=1S/C19H14N2O.2ClH/c1-22-17-7-3-2-6-15(17)16-11-10-14-9-8-13-5-4-12-20-18(13)19(14)21-16;;/h2-12H,1H3;2*1H. The van der Waals surface area contributed by atoms with Crippen molar-refractivity contribution in [3.8, 4) is 17.0 Å². The lowest BCUT2D eigenvalue weighted by Gasteiger charge is -2.09. The smallest absolute Gasteiger partial charge is 0.128 e. The second-order valence-corrected chi connectivity index (χ2v) is 5.11. The third-order valence-corrected chi connectivity index (χ3v) is 3.82. The molecule has 24 heavy (non-hydrogen) atoms. The molecule has 0 atom stereocenters. The van der Waals surface area contributed by atoms with E-state index in [-0.39, 0.29) is 24.8 Å². The number of methoxy groups -OCH3 is 1. The van der Waals surface area contributed by atoms with E-state index < -0.39 is 0 Å². The van der Waals surface area contributed by atoms with E-state index >= 15 is 0 Å². The molecule has 0 unspecified atom stereocenters. The summed E-state index contributed by atoms with van der Waals surface area (Å²) in [7, 11) is 1.68. The largest absolute Gasteiger partial charge is 0.496 e. The van der Waals surface area contributed by atoms with Gasteiger partial charge in [0.25, 0.3) is 0 Å². The highest BCUT2D eigenvalue weighted by Gasteiger charge is 2.09. The summed E-state index contributed by atoms with van der Waals surface area (Å²) in [5, 5.41) is 2.18. The summed E-state index contributed by atoms with van der Waals surface area (Å²) in [4.78, 5) is 9.33. The lowest BCUT2D eigenvalue weighted by molar-refractivity contribution is 0.416. The number of aromatic nitrogens is 2. The van der Waals surface area contributed by atoms with Gasteiger partial charge in [0.05, 0.1) is 23.8 Å². The molecule has 4 aromatic rings. The third kappa shape index (κ3) is 3.01. The van der Waals surface area contributed by atoms with Crippen LogP contribution < -0.4 is 4.74 Å². The van der Waals surface area contributed by atoms with Crippen LogP contribution in [0.2, 0.25) is 0 Å². The molecule has 2 aromatic heterocycles. The molecule has 0 aliphatic rings. The van der Waals surface area contributed by atoms with Crippen LogP contribution in [0.3, 0.4) is 0 Å². The van der Waals surface area contributed by atoms with Crippen LogP contribution in [0.1, 0.15) is 0 Å². The van der Waals surface area contributed by atoms with Crippen LogP contribution in [0.4, 0.5) is 0 Å². The lowest BCUT2D eigenvalue weighted by atomic mass is 10.1. The molecule has 0 amide bonds. The SMILES string of the molecule is COc1ccccc1-c1ccc2ccc3cccnc3c2n1.Cl.Cl. The Kier molecular flexibility index (Phi) is 5.60. The van der Waals surface area contributed by atoms with Gasteiger partial charge in [-0.15, -0.1) is 24.8 Å². The number of halogens is 2. The minimum absolute atomic E-state index is 0. The van der Waals surface area contributed by atoms with E-state index in [1.54, 1.807) is 13.3 Å². The highest BCUT2D eigenvalue weighted by Crippen LogP contribution is 2.31. The molecule has 0 saturated carbocycles. The molecule has 0 aliphatic carbocycles. The number of hydrogen-bond donors (Lipinski definition) is 0. The van der Waals surface area contributed by atoms with Crippen LogP contribution >= 0.6 is 24.8 Å². The molecule has 2 heterocycles. The van der Waals surface area contributed by atoms with E-state index in [0.29, 0.717) is 0 Å². The number of hydrogen-bond acceptors (Lipinski definition) is 3. The van der Waals surface area contributed by atoms with Crippen molar-refractivity contribution in [1.29, 1.82) is 0 Å². The fraction of sp³-hybridized carbons (Fsp3) is 0.0526. The molecular weight excluding hydrogens is 343 g/mol. The number of nitrogens with zero attached hydrogens (tertiary/aromatic N) is 2. The van der Waals surface area contributed by atoms with Crippen molar-refractivity contribution in [2.75, 3.05) is 7.11 Å². The molecule has 0 saturated heterocycles. The Morgan fingerprint density at radius 3 is 2.25 bits per heavy atom. The van der Waals surface area contributed by atoms with Gasteiger partial charge in [-0.2, -0.15) is 0 Å². The van der Waals surface area contributed by atoms with Crippen molar-refractivity contribution in [3.05, 3.63) is 66.9 Å². The fourth-order valence-electron chi connectivity index (χ4n) is 2.73. The summed E-state index contributed by atoms with van der Waals surface area (Å²) < 4.78 is 5.44. The van der Waals surface area contributed by atoms with Crippen LogP contribution in [-0.2, 0) is 0 Å². The minimum atomic E-state index is 0. The zero-order chi connectivity index (χ0) is 14.9. The van der Waals surface area contributed by atoms with Gasteiger partial charge in [-0.3, -0.25) is 4.98 Å². The predicted octanol–water partition coefficient (Wildman–Crippen LogP) is 5.30. The zero-order valence-corrected chi connectivity index (χ0v) is 14.6. The molecule has 0 N–H and O–H groups in total. The van der Waals surface area contributed by atoms with Crippen molar-refractivity contribution in [2.45, 2.75) is 0 Å². The number of fused-ring (bicyclic) bond motifs is 3. The summed E-state index contributed by atoms with van der Waals surface area (Å²) >= 11 is 0. The monoisotopic (exact) mass is 358 g/mol. The number of rotatable bonds is 2. The minimum Gasteiger partial charge on any atom is -0.496 e.